The third-order valence-electron chi connectivity index (χ3n) is 2.68. The van der Waals surface area contributed by atoms with Crippen LogP contribution < -0.4 is 5.32 Å². The first-order chi connectivity index (χ1) is 7.22. The average molecular weight is 203 g/mol. The van der Waals surface area contributed by atoms with Crippen LogP contribution in [0.4, 0.5) is 0 Å². The van der Waals surface area contributed by atoms with Crippen LogP contribution in [0, 0.1) is 13.8 Å². The molecule has 80 valence electrons. The lowest BCUT2D eigenvalue weighted by Crippen LogP contribution is -2.12. The molecule has 0 bridgehead atoms. The molecule has 2 heterocycles. The van der Waals surface area contributed by atoms with Crippen molar-refractivity contribution in [2.24, 2.45) is 0 Å². The molecule has 2 aromatic rings. The van der Waals surface area contributed by atoms with Crippen molar-refractivity contribution in [3.63, 3.8) is 0 Å². The normalized spacial score (nSPS) is 11.1. The van der Waals surface area contributed by atoms with Gasteiger partial charge in [-0.15, -0.1) is 0 Å². The van der Waals surface area contributed by atoms with Crippen LogP contribution in [0.15, 0.2) is 18.3 Å². The van der Waals surface area contributed by atoms with E-state index >= 15 is 0 Å². The zero-order chi connectivity index (χ0) is 10.8. The van der Waals surface area contributed by atoms with Crippen LogP contribution in [-0.4, -0.2) is 23.0 Å². The van der Waals surface area contributed by atoms with Crippen molar-refractivity contribution in [1.82, 2.24) is 14.7 Å². The molecular formula is C12H17N3. The maximum atomic E-state index is 4.54. The van der Waals surface area contributed by atoms with Crippen LogP contribution in [0.3, 0.4) is 0 Å². The van der Waals surface area contributed by atoms with Crippen molar-refractivity contribution in [1.29, 1.82) is 0 Å². The van der Waals surface area contributed by atoms with Gasteiger partial charge in [0.1, 0.15) is 5.65 Å². The average Bonchev–Trinajstić information content (AvgIpc) is 2.51. The van der Waals surface area contributed by atoms with Crippen molar-refractivity contribution < 1.29 is 0 Å². The third kappa shape index (κ3) is 1.88. The molecule has 0 amide bonds. The van der Waals surface area contributed by atoms with Crippen molar-refractivity contribution >= 4 is 5.65 Å². The van der Waals surface area contributed by atoms with Gasteiger partial charge in [0, 0.05) is 24.9 Å². The molecule has 3 heteroatoms. The molecule has 0 aliphatic heterocycles. The Morgan fingerprint density at radius 3 is 2.87 bits per heavy atom. The van der Waals surface area contributed by atoms with Crippen LogP contribution in [0.1, 0.15) is 17.0 Å². The maximum Gasteiger partial charge on any atom is 0.137 e. The van der Waals surface area contributed by atoms with E-state index in [9.17, 15) is 0 Å². The SMILES string of the molecule is CNCCc1c(C)nc2ccc(C)cn12. The van der Waals surface area contributed by atoms with Crippen LogP contribution in [0.25, 0.3) is 5.65 Å². The molecule has 2 rings (SSSR count). The van der Waals surface area contributed by atoms with Gasteiger partial charge < -0.3 is 9.72 Å². The summed E-state index contributed by atoms with van der Waals surface area (Å²) in [4.78, 5) is 4.54. The van der Waals surface area contributed by atoms with E-state index < -0.39 is 0 Å². The minimum atomic E-state index is 0.989. The molecule has 0 aromatic carbocycles. The van der Waals surface area contributed by atoms with Gasteiger partial charge in [0.25, 0.3) is 0 Å². The summed E-state index contributed by atoms with van der Waals surface area (Å²) in [5, 5.41) is 3.17. The molecule has 0 spiro atoms. The molecule has 15 heavy (non-hydrogen) atoms. The highest BCUT2D eigenvalue weighted by atomic mass is 15.0. The van der Waals surface area contributed by atoms with Crippen molar-refractivity contribution in [2.75, 3.05) is 13.6 Å². The summed E-state index contributed by atoms with van der Waals surface area (Å²) >= 11 is 0. The van der Waals surface area contributed by atoms with E-state index in [1.165, 1.54) is 11.3 Å². The van der Waals surface area contributed by atoms with Gasteiger partial charge in [-0.05, 0) is 32.5 Å². The van der Waals surface area contributed by atoms with Crippen molar-refractivity contribution in [3.8, 4) is 0 Å². The first-order valence-electron chi connectivity index (χ1n) is 5.31. The topological polar surface area (TPSA) is 29.3 Å². The minimum Gasteiger partial charge on any atom is -0.319 e. The quantitative estimate of drug-likeness (QED) is 0.823. The number of imidazole rings is 1. The number of pyridine rings is 1. The maximum absolute atomic E-state index is 4.54. The number of nitrogens with one attached hydrogen (secondary N) is 1. The van der Waals surface area contributed by atoms with Gasteiger partial charge in [0.2, 0.25) is 0 Å². The number of nitrogens with zero attached hydrogens (tertiary/aromatic N) is 2. The highest BCUT2D eigenvalue weighted by Crippen LogP contribution is 2.13. The largest absolute Gasteiger partial charge is 0.319 e. The number of aryl methyl sites for hydroxylation is 2. The van der Waals surface area contributed by atoms with E-state index in [0.29, 0.717) is 0 Å². The number of rotatable bonds is 3. The Morgan fingerprint density at radius 1 is 1.33 bits per heavy atom. The van der Waals surface area contributed by atoms with E-state index in [1.807, 2.05) is 7.05 Å². The summed E-state index contributed by atoms with van der Waals surface area (Å²) in [6.45, 7) is 5.17. The van der Waals surface area contributed by atoms with Gasteiger partial charge in [-0.25, -0.2) is 4.98 Å². The Balaban J connectivity index is 2.50. The van der Waals surface area contributed by atoms with Crippen LogP contribution in [-0.2, 0) is 6.42 Å². The lowest BCUT2D eigenvalue weighted by molar-refractivity contribution is 0.766. The Kier molecular flexibility index (Phi) is 2.73. The third-order valence-corrected chi connectivity index (χ3v) is 2.68. The van der Waals surface area contributed by atoms with E-state index in [0.717, 1.165) is 24.3 Å². The summed E-state index contributed by atoms with van der Waals surface area (Å²) in [5.74, 6) is 0. The molecule has 0 fully saturated rings. The molecule has 0 unspecified atom stereocenters. The Bertz CT molecular complexity index is 471. The zero-order valence-electron chi connectivity index (χ0n) is 9.54. The fraction of sp³-hybridized carbons (Fsp3) is 0.417. The number of likely N-dealkylation sites (N-methyl/N-ethyl adjacent to an activating group) is 1. The smallest absolute Gasteiger partial charge is 0.137 e. The second kappa shape index (κ2) is 4.03. The van der Waals surface area contributed by atoms with E-state index in [4.69, 9.17) is 0 Å². The fourth-order valence-electron chi connectivity index (χ4n) is 1.86. The van der Waals surface area contributed by atoms with E-state index in [-0.39, 0.29) is 0 Å². The van der Waals surface area contributed by atoms with Crippen molar-refractivity contribution in [2.45, 2.75) is 20.3 Å². The standard InChI is InChI=1S/C12H17N3/c1-9-4-5-12-14-10(2)11(6-7-13-3)15(12)8-9/h4-5,8,13H,6-7H2,1-3H3. The zero-order valence-corrected chi connectivity index (χ0v) is 9.54. The van der Waals surface area contributed by atoms with E-state index in [1.54, 1.807) is 0 Å². The van der Waals surface area contributed by atoms with Gasteiger partial charge in [0.15, 0.2) is 0 Å². The molecule has 0 saturated carbocycles. The molecule has 1 N–H and O–H groups in total. The minimum absolute atomic E-state index is 0.989. The predicted molar refractivity (Wildman–Crippen MR) is 62.3 cm³/mol. The van der Waals surface area contributed by atoms with Gasteiger partial charge in [-0.1, -0.05) is 6.07 Å². The van der Waals surface area contributed by atoms with Gasteiger partial charge >= 0.3 is 0 Å². The summed E-state index contributed by atoms with van der Waals surface area (Å²) in [6, 6.07) is 4.18. The van der Waals surface area contributed by atoms with Crippen LogP contribution in [0.2, 0.25) is 0 Å². The van der Waals surface area contributed by atoms with E-state index in [2.05, 4.69) is 46.9 Å². The highest BCUT2D eigenvalue weighted by Gasteiger charge is 2.07. The molecule has 0 aliphatic rings. The molecular weight excluding hydrogens is 186 g/mol. The lowest BCUT2D eigenvalue weighted by Gasteiger charge is -2.03. The molecule has 0 atom stereocenters. The summed E-state index contributed by atoms with van der Waals surface area (Å²) in [7, 11) is 1.98. The second-order valence-electron chi connectivity index (χ2n) is 3.93. The number of hydrogen-bond donors (Lipinski definition) is 1. The summed E-state index contributed by atoms with van der Waals surface area (Å²) in [6.07, 6.45) is 3.17. The van der Waals surface area contributed by atoms with Crippen LogP contribution in [0.5, 0.6) is 0 Å². The number of aromatic nitrogens is 2. The number of fused-ring (bicyclic) bond motifs is 1. The second-order valence-corrected chi connectivity index (χ2v) is 3.93. The lowest BCUT2D eigenvalue weighted by atomic mass is 10.2. The summed E-state index contributed by atoms with van der Waals surface area (Å²) < 4.78 is 2.20. The highest BCUT2D eigenvalue weighted by molar-refractivity contribution is 5.44. The molecule has 0 radical (unpaired) electrons. The molecule has 3 nitrogen and oxygen atoms in total. The molecule has 0 aliphatic carbocycles. The fourth-order valence-corrected chi connectivity index (χ4v) is 1.86. The van der Waals surface area contributed by atoms with Gasteiger partial charge in [-0.2, -0.15) is 0 Å². The van der Waals surface area contributed by atoms with Crippen LogP contribution >= 0.6 is 0 Å². The Morgan fingerprint density at radius 2 is 2.13 bits per heavy atom. The first-order valence-corrected chi connectivity index (χ1v) is 5.31. The predicted octanol–water partition coefficient (Wildman–Crippen LogP) is 1.71. The van der Waals surface area contributed by atoms with Gasteiger partial charge in [0.05, 0.1) is 5.69 Å². The number of hydrogen-bond acceptors (Lipinski definition) is 2. The molecule has 2 aromatic heterocycles. The first kappa shape index (κ1) is 10.2. The van der Waals surface area contributed by atoms with Gasteiger partial charge in [-0.3, -0.25) is 0 Å². The Hall–Kier alpha value is -1.35. The Labute approximate surface area is 90.1 Å². The molecule has 0 saturated heterocycles. The monoisotopic (exact) mass is 203 g/mol. The summed E-state index contributed by atoms with van der Waals surface area (Å²) in [5.41, 5.74) is 4.76. The van der Waals surface area contributed by atoms with Crippen molar-refractivity contribution in [3.05, 3.63) is 35.3 Å².